The van der Waals surface area contributed by atoms with Gasteiger partial charge >= 0.3 is 0 Å². The van der Waals surface area contributed by atoms with E-state index >= 15 is 0 Å². The van der Waals surface area contributed by atoms with Crippen LogP contribution in [-0.2, 0) is 0 Å². The molecule has 0 saturated heterocycles. The minimum absolute atomic E-state index is 0.672. The maximum Gasteiger partial charge on any atom is 0.196 e. The van der Waals surface area contributed by atoms with Gasteiger partial charge in [-0.3, -0.25) is 9.55 Å². The average molecular weight is 317 g/mol. The first kappa shape index (κ1) is 14.1. The lowest BCUT2D eigenvalue weighted by molar-refractivity contribution is 0.887. The Kier molecular flexibility index (Phi) is 4.22. The summed E-state index contributed by atoms with van der Waals surface area (Å²) in [6.07, 6.45) is 3.49. The monoisotopic (exact) mass is 316 g/mol. The van der Waals surface area contributed by atoms with Gasteiger partial charge in [0, 0.05) is 18.0 Å². The van der Waals surface area contributed by atoms with Crippen LogP contribution in [0.25, 0.3) is 17.1 Å². The highest BCUT2D eigenvalue weighted by atomic mass is 35.5. The third-order valence-corrected chi connectivity index (χ3v) is 4.07. The Labute approximate surface area is 132 Å². The largest absolute Gasteiger partial charge is 0.269 e. The highest BCUT2D eigenvalue weighted by Gasteiger charge is 2.17. The quantitative estimate of drug-likeness (QED) is 0.680. The number of hydrogen-bond donors (Lipinski definition) is 0. The Morgan fingerprint density at radius 2 is 1.86 bits per heavy atom. The SMILES string of the molecule is CCSc1nnc(-c2ccncc2)n1-c1ccccc1Cl. The van der Waals surface area contributed by atoms with Gasteiger partial charge in [-0.05, 0) is 30.0 Å². The number of nitrogens with zero attached hydrogens (tertiary/aromatic N) is 4. The molecule has 0 saturated carbocycles. The van der Waals surface area contributed by atoms with E-state index in [0.29, 0.717) is 5.02 Å². The molecular weight excluding hydrogens is 304 g/mol. The normalized spacial score (nSPS) is 10.8. The molecule has 21 heavy (non-hydrogen) atoms. The van der Waals surface area contributed by atoms with Gasteiger partial charge in [0.05, 0.1) is 10.7 Å². The second-order valence-corrected chi connectivity index (χ2v) is 5.90. The van der Waals surface area contributed by atoms with Crippen molar-refractivity contribution in [2.24, 2.45) is 0 Å². The van der Waals surface area contributed by atoms with Gasteiger partial charge in [-0.1, -0.05) is 42.4 Å². The first-order valence-corrected chi connectivity index (χ1v) is 7.91. The van der Waals surface area contributed by atoms with Crippen LogP contribution >= 0.6 is 23.4 Å². The molecule has 0 bridgehead atoms. The van der Waals surface area contributed by atoms with Crippen LogP contribution in [0.1, 0.15) is 6.92 Å². The molecule has 0 atom stereocenters. The molecule has 2 heterocycles. The fourth-order valence-corrected chi connectivity index (χ4v) is 2.92. The summed E-state index contributed by atoms with van der Waals surface area (Å²) in [4.78, 5) is 4.05. The van der Waals surface area contributed by atoms with E-state index in [1.54, 1.807) is 24.2 Å². The van der Waals surface area contributed by atoms with E-state index < -0.39 is 0 Å². The summed E-state index contributed by atoms with van der Waals surface area (Å²) in [6, 6.07) is 11.5. The highest BCUT2D eigenvalue weighted by Crippen LogP contribution is 2.30. The van der Waals surface area contributed by atoms with Crippen molar-refractivity contribution in [3.05, 3.63) is 53.8 Å². The number of pyridine rings is 1. The van der Waals surface area contributed by atoms with Crippen LogP contribution in [0.2, 0.25) is 5.02 Å². The number of rotatable bonds is 4. The van der Waals surface area contributed by atoms with E-state index in [9.17, 15) is 0 Å². The molecule has 4 nitrogen and oxygen atoms in total. The molecule has 0 aliphatic rings. The highest BCUT2D eigenvalue weighted by molar-refractivity contribution is 7.99. The third kappa shape index (κ3) is 2.80. The summed E-state index contributed by atoms with van der Waals surface area (Å²) in [7, 11) is 0. The van der Waals surface area contributed by atoms with Crippen LogP contribution in [0, 0.1) is 0 Å². The Balaban J connectivity index is 2.21. The molecule has 3 rings (SSSR count). The minimum Gasteiger partial charge on any atom is -0.269 e. The lowest BCUT2D eigenvalue weighted by Gasteiger charge is -2.11. The van der Waals surface area contributed by atoms with Crippen molar-refractivity contribution in [1.29, 1.82) is 0 Å². The molecule has 1 aromatic carbocycles. The van der Waals surface area contributed by atoms with Gasteiger partial charge in [0.15, 0.2) is 11.0 Å². The maximum absolute atomic E-state index is 6.35. The van der Waals surface area contributed by atoms with Crippen molar-refractivity contribution < 1.29 is 0 Å². The maximum atomic E-state index is 6.35. The summed E-state index contributed by atoms with van der Waals surface area (Å²) in [5.74, 6) is 1.68. The fraction of sp³-hybridized carbons (Fsp3) is 0.133. The van der Waals surface area contributed by atoms with E-state index in [1.165, 1.54) is 0 Å². The first-order chi connectivity index (χ1) is 10.3. The van der Waals surface area contributed by atoms with Crippen LogP contribution < -0.4 is 0 Å². The number of thioether (sulfide) groups is 1. The van der Waals surface area contributed by atoms with Crippen LogP contribution in [-0.4, -0.2) is 25.5 Å². The molecule has 3 aromatic rings. The van der Waals surface area contributed by atoms with Crippen LogP contribution in [0.3, 0.4) is 0 Å². The molecule has 2 aromatic heterocycles. The van der Waals surface area contributed by atoms with Crippen molar-refractivity contribution in [3.8, 4) is 17.1 Å². The van der Waals surface area contributed by atoms with Gasteiger partial charge in [-0.2, -0.15) is 0 Å². The van der Waals surface area contributed by atoms with Gasteiger partial charge < -0.3 is 0 Å². The smallest absolute Gasteiger partial charge is 0.196 e. The van der Waals surface area contributed by atoms with Crippen LogP contribution in [0.15, 0.2) is 53.9 Å². The van der Waals surface area contributed by atoms with Gasteiger partial charge in [0.25, 0.3) is 0 Å². The summed E-state index contributed by atoms with van der Waals surface area (Å²) in [5.41, 5.74) is 1.84. The molecule has 0 unspecified atom stereocenters. The predicted octanol–water partition coefficient (Wildman–Crippen LogP) is 4.09. The number of para-hydroxylation sites is 1. The topological polar surface area (TPSA) is 43.6 Å². The van der Waals surface area contributed by atoms with Gasteiger partial charge in [-0.25, -0.2) is 0 Å². The molecule has 0 aliphatic heterocycles. The Bertz CT molecular complexity index is 742. The Morgan fingerprint density at radius 3 is 2.57 bits per heavy atom. The summed E-state index contributed by atoms with van der Waals surface area (Å²) in [5, 5.41) is 10.1. The molecule has 0 N–H and O–H groups in total. The van der Waals surface area contributed by atoms with E-state index in [4.69, 9.17) is 11.6 Å². The molecule has 6 heteroatoms. The van der Waals surface area contributed by atoms with Gasteiger partial charge in [-0.15, -0.1) is 10.2 Å². The van der Waals surface area contributed by atoms with Crippen molar-refractivity contribution in [1.82, 2.24) is 19.7 Å². The average Bonchev–Trinajstić information content (AvgIpc) is 2.93. The molecular formula is C15H13ClN4S. The second kappa shape index (κ2) is 6.28. The van der Waals surface area contributed by atoms with Gasteiger partial charge in [0.2, 0.25) is 0 Å². The Morgan fingerprint density at radius 1 is 1.10 bits per heavy atom. The van der Waals surface area contributed by atoms with Crippen molar-refractivity contribution in [3.63, 3.8) is 0 Å². The zero-order valence-corrected chi connectivity index (χ0v) is 13.0. The van der Waals surface area contributed by atoms with Gasteiger partial charge in [0.1, 0.15) is 0 Å². The van der Waals surface area contributed by atoms with Crippen molar-refractivity contribution in [2.45, 2.75) is 12.1 Å². The first-order valence-electron chi connectivity index (χ1n) is 6.54. The summed E-state index contributed by atoms with van der Waals surface area (Å²) >= 11 is 7.99. The Hall–Kier alpha value is -1.85. The van der Waals surface area contributed by atoms with E-state index in [1.807, 2.05) is 41.0 Å². The zero-order valence-electron chi connectivity index (χ0n) is 11.4. The zero-order chi connectivity index (χ0) is 14.7. The van der Waals surface area contributed by atoms with E-state index in [0.717, 1.165) is 28.0 Å². The number of aromatic nitrogens is 4. The lowest BCUT2D eigenvalue weighted by Crippen LogP contribution is -2.00. The minimum atomic E-state index is 0.672. The molecule has 0 spiro atoms. The fourth-order valence-electron chi connectivity index (χ4n) is 2.03. The molecule has 106 valence electrons. The molecule has 0 amide bonds. The van der Waals surface area contributed by atoms with Crippen molar-refractivity contribution >= 4 is 23.4 Å². The van der Waals surface area contributed by atoms with E-state index in [-0.39, 0.29) is 0 Å². The van der Waals surface area contributed by atoms with E-state index in [2.05, 4.69) is 22.1 Å². The third-order valence-electron chi connectivity index (χ3n) is 2.94. The summed E-state index contributed by atoms with van der Waals surface area (Å²) < 4.78 is 1.99. The molecule has 0 aliphatic carbocycles. The van der Waals surface area contributed by atoms with Crippen LogP contribution in [0.4, 0.5) is 0 Å². The van der Waals surface area contributed by atoms with Crippen LogP contribution in [0.5, 0.6) is 0 Å². The molecule has 0 fully saturated rings. The van der Waals surface area contributed by atoms with Crippen molar-refractivity contribution in [2.75, 3.05) is 5.75 Å². The second-order valence-electron chi connectivity index (χ2n) is 4.26. The number of halogens is 1. The lowest BCUT2D eigenvalue weighted by atomic mass is 10.2. The number of benzene rings is 1. The summed E-state index contributed by atoms with van der Waals surface area (Å²) in [6.45, 7) is 2.09. The molecule has 0 radical (unpaired) electrons. The predicted molar refractivity (Wildman–Crippen MR) is 86.0 cm³/mol. The number of hydrogen-bond acceptors (Lipinski definition) is 4. The standard InChI is InChI=1S/C15H13ClN4S/c1-2-21-15-19-18-14(11-7-9-17-10-8-11)20(15)13-6-4-3-5-12(13)16/h3-10H,2H2,1H3.